The fraction of sp³-hybridized carbons (Fsp3) is 0.138. The third-order valence-corrected chi connectivity index (χ3v) is 8.04. The van der Waals surface area contributed by atoms with E-state index in [1.54, 1.807) is 18.6 Å². The summed E-state index contributed by atoms with van der Waals surface area (Å²) in [6.07, 6.45) is 1.86. The number of benzene rings is 3. The molecule has 1 aliphatic heterocycles. The summed E-state index contributed by atoms with van der Waals surface area (Å²) >= 11 is 4.88. The largest absolute Gasteiger partial charge is 0.497 e. The van der Waals surface area contributed by atoms with E-state index in [-0.39, 0.29) is 11.5 Å². The smallest absolute Gasteiger partial charge is 0.271 e. The molecule has 0 saturated heterocycles. The first kappa shape index (κ1) is 24.9. The van der Waals surface area contributed by atoms with Crippen molar-refractivity contribution in [2.45, 2.75) is 19.9 Å². The summed E-state index contributed by atoms with van der Waals surface area (Å²) in [6.45, 7) is 3.82. The van der Waals surface area contributed by atoms with Crippen LogP contribution in [0.2, 0.25) is 0 Å². The van der Waals surface area contributed by atoms with Gasteiger partial charge < -0.3 is 10.1 Å². The van der Waals surface area contributed by atoms with Gasteiger partial charge in [0.05, 0.1) is 29.0 Å². The highest BCUT2D eigenvalue weighted by Crippen LogP contribution is 2.32. The van der Waals surface area contributed by atoms with Crippen LogP contribution in [-0.2, 0) is 4.79 Å². The SMILES string of the molecule is COc1cccc([C@@H]2C(C(=O)Nc3ccccc3)=C(C)N=c3s/c(=C\c4ccc(C)c(Br)c4)c(=O)n32)c1. The summed E-state index contributed by atoms with van der Waals surface area (Å²) in [5.41, 5.74) is 4.21. The van der Waals surface area contributed by atoms with Gasteiger partial charge in [-0.05, 0) is 66.9 Å². The molecule has 2 heterocycles. The van der Waals surface area contributed by atoms with Crippen molar-refractivity contribution in [3.05, 3.63) is 125 Å². The summed E-state index contributed by atoms with van der Waals surface area (Å²) in [4.78, 5) is 32.7. The van der Waals surface area contributed by atoms with Gasteiger partial charge in [-0.25, -0.2) is 4.99 Å². The van der Waals surface area contributed by atoms with Gasteiger partial charge in [0, 0.05) is 10.2 Å². The van der Waals surface area contributed by atoms with E-state index in [2.05, 4.69) is 21.2 Å². The molecule has 186 valence electrons. The summed E-state index contributed by atoms with van der Waals surface area (Å²) < 4.78 is 8.58. The van der Waals surface area contributed by atoms with Crippen LogP contribution < -0.4 is 24.9 Å². The number of thiazole rings is 1. The van der Waals surface area contributed by atoms with E-state index in [1.165, 1.54) is 11.3 Å². The molecule has 1 atom stereocenters. The van der Waals surface area contributed by atoms with Crippen molar-refractivity contribution in [1.29, 1.82) is 0 Å². The van der Waals surface area contributed by atoms with E-state index in [9.17, 15) is 9.59 Å². The molecule has 0 aliphatic carbocycles. The number of halogens is 1. The highest BCUT2D eigenvalue weighted by atomic mass is 79.9. The number of para-hydroxylation sites is 1. The zero-order valence-electron chi connectivity index (χ0n) is 20.5. The first-order valence-corrected chi connectivity index (χ1v) is 13.3. The van der Waals surface area contributed by atoms with Crippen LogP contribution in [0.3, 0.4) is 0 Å². The van der Waals surface area contributed by atoms with Crippen LogP contribution in [0.25, 0.3) is 6.08 Å². The number of carbonyl (C=O) groups excluding carboxylic acids is 1. The molecule has 0 bridgehead atoms. The number of amides is 1. The summed E-state index contributed by atoms with van der Waals surface area (Å²) in [5.74, 6) is 0.332. The molecule has 0 fully saturated rings. The zero-order valence-corrected chi connectivity index (χ0v) is 22.9. The fourth-order valence-electron chi connectivity index (χ4n) is 4.31. The third kappa shape index (κ3) is 4.95. The lowest BCUT2D eigenvalue weighted by Gasteiger charge is -2.25. The van der Waals surface area contributed by atoms with Crippen LogP contribution in [0.5, 0.6) is 5.75 Å². The number of hydrogen-bond donors (Lipinski definition) is 1. The van der Waals surface area contributed by atoms with Gasteiger partial charge in [0.1, 0.15) is 5.75 Å². The molecule has 0 unspecified atom stereocenters. The maximum absolute atomic E-state index is 13.8. The Kier molecular flexibility index (Phi) is 6.95. The molecule has 4 aromatic rings. The minimum absolute atomic E-state index is 0.203. The topological polar surface area (TPSA) is 72.7 Å². The molecule has 0 saturated carbocycles. The van der Waals surface area contributed by atoms with Gasteiger partial charge in [0.2, 0.25) is 0 Å². The van der Waals surface area contributed by atoms with Crippen molar-refractivity contribution in [1.82, 2.24) is 4.57 Å². The van der Waals surface area contributed by atoms with Crippen LogP contribution in [0.1, 0.15) is 29.7 Å². The Morgan fingerprint density at radius 2 is 1.86 bits per heavy atom. The number of carbonyl (C=O) groups is 1. The fourth-order valence-corrected chi connectivity index (χ4v) is 5.75. The second kappa shape index (κ2) is 10.3. The third-order valence-electron chi connectivity index (χ3n) is 6.20. The van der Waals surface area contributed by atoms with Crippen LogP contribution in [-0.4, -0.2) is 17.6 Å². The number of allylic oxidation sites excluding steroid dienone is 1. The first-order valence-electron chi connectivity index (χ1n) is 11.6. The van der Waals surface area contributed by atoms with E-state index in [0.717, 1.165) is 21.2 Å². The van der Waals surface area contributed by atoms with Crippen LogP contribution in [0.4, 0.5) is 5.69 Å². The van der Waals surface area contributed by atoms with Crippen molar-refractivity contribution >= 4 is 44.9 Å². The van der Waals surface area contributed by atoms with Gasteiger partial charge in [-0.1, -0.05) is 69.7 Å². The van der Waals surface area contributed by atoms with Crippen molar-refractivity contribution in [2.75, 3.05) is 12.4 Å². The van der Waals surface area contributed by atoms with Crippen molar-refractivity contribution < 1.29 is 9.53 Å². The molecule has 3 aromatic carbocycles. The number of methoxy groups -OCH3 is 1. The Labute approximate surface area is 226 Å². The minimum Gasteiger partial charge on any atom is -0.497 e. The molecule has 1 amide bonds. The van der Waals surface area contributed by atoms with Crippen LogP contribution in [0, 0.1) is 6.92 Å². The highest BCUT2D eigenvalue weighted by Gasteiger charge is 2.32. The van der Waals surface area contributed by atoms with Gasteiger partial charge in [0.25, 0.3) is 11.5 Å². The number of ether oxygens (including phenoxy) is 1. The number of hydrogen-bond acceptors (Lipinski definition) is 5. The maximum Gasteiger partial charge on any atom is 0.271 e. The Hall–Kier alpha value is -3.75. The number of nitrogens with one attached hydrogen (secondary N) is 1. The molecular formula is C29H24BrN3O3S. The van der Waals surface area contributed by atoms with Crippen LogP contribution >= 0.6 is 27.3 Å². The summed E-state index contributed by atoms with van der Waals surface area (Å²) in [5, 5.41) is 2.97. The van der Waals surface area contributed by atoms with Gasteiger partial charge in [-0.15, -0.1) is 0 Å². The number of aromatic nitrogens is 1. The average molecular weight is 575 g/mol. The Morgan fingerprint density at radius 3 is 2.59 bits per heavy atom. The second-order valence-electron chi connectivity index (χ2n) is 8.69. The highest BCUT2D eigenvalue weighted by molar-refractivity contribution is 9.10. The molecule has 37 heavy (non-hydrogen) atoms. The Bertz CT molecular complexity index is 1720. The lowest BCUT2D eigenvalue weighted by Crippen LogP contribution is -2.40. The minimum atomic E-state index is -0.665. The molecule has 8 heteroatoms. The molecule has 6 nitrogen and oxygen atoms in total. The number of rotatable bonds is 5. The van der Waals surface area contributed by atoms with Crippen LogP contribution in [0.15, 0.2) is 98.3 Å². The van der Waals surface area contributed by atoms with Gasteiger partial charge in [-0.2, -0.15) is 0 Å². The normalized spacial score (nSPS) is 15.2. The van der Waals surface area contributed by atoms with E-state index in [4.69, 9.17) is 9.73 Å². The lowest BCUT2D eigenvalue weighted by molar-refractivity contribution is -0.113. The number of nitrogens with zero attached hydrogens (tertiary/aromatic N) is 2. The summed E-state index contributed by atoms with van der Waals surface area (Å²) in [7, 11) is 1.59. The summed E-state index contributed by atoms with van der Waals surface area (Å²) in [6, 6.07) is 22.0. The molecule has 1 aliphatic rings. The lowest BCUT2D eigenvalue weighted by atomic mass is 9.95. The molecular weight excluding hydrogens is 550 g/mol. The second-order valence-corrected chi connectivity index (χ2v) is 10.6. The van der Waals surface area contributed by atoms with E-state index in [1.807, 2.05) is 85.8 Å². The van der Waals surface area contributed by atoms with E-state index >= 15 is 0 Å². The van der Waals surface area contributed by atoms with Crippen molar-refractivity contribution in [2.24, 2.45) is 4.99 Å². The quantitative estimate of drug-likeness (QED) is 0.367. The van der Waals surface area contributed by atoms with E-state index < -0.39 is 6.04 Å². The van der Waals surface area contributed by atoms with Gasteiger partial charge >= 0.3 is 0 Å². The number of fused-ring (bicyclic) bond motifs is 1. The predicted molar refractivity (Wildman–Crippen MR) is 151 cm³/mol. The first-order chi connectivity index (χ1) is 17.9. The number of aryl methyl sites for hydroxylation is 1. The standard InChI is InChI=1S/C29H24BrN3O3S/c1-17-12-13-19(14-23(17)30)15-24-28(35)33-26(20-8-7-11-22(16-20)36-3)25(18(2)31-29(33)37-24)27(34)32-21-9-5-4-6-10-21/h4-16,26H,1-3H3,(H,32,34)/b24-15-/t26-/m1/s1. The number of anilines is 1. The van der Waals surface area contributed by atoms with Crippen molar-refractivity contribution in [3.8, 4) is 5.75 Å². The van der Waals surface area contributed by atoms with E-state index in [0.29, 0.717) is 32.0 Å². The Balaban J connectivity index is 1.69. The molecule has 1 N–H and O–H groups in total. The maximum atomic E-state index is 13.8. The van der Waals surface area contributed by atoms with Crippen molar-refractivity contribution in [3.63, 3.8) is 0 Å². The Morgan fingerprint density at radius 1 is 1.08 bits per heavy atom. The molecule has 0 spiro atoms. The predicted octanol–water partition coefficient (Wildman–Crippen LogP) is 4.95. The molecule has 5 rings (SSSR count). The average Bonchev–Trinajstić information content (AvgIpc) is 3.20. The molecule has 0 radical (unpaired) electrons. The zero-order chi connectivity index (χ0) is 26.1. The van der Waals surface area contributed by atoms with Gasteiger partial charge in [0.15, 0.2) is 4.80 Å². The van der Waals surface area contributed by atoms with Gasteiger partial charge in [-0.3, -0.25) is 14.2 Å². The molecule has 1 aromatic heterocycles. The monoisotopic (exact) mass is 573 g/mol.